The Balaban J connectivity index is 1.99. The van der Waals surface area contributed by atoms with Crippen LogP contribution in [0.25, 0.3) is 0 Å². The molecule has 0 saturated heterocycles. The lowest BCUT2D eigenvalue weighted by molar-refractivity contribution is 0.419. The SMILES string of the molecule is NCc1cc2c(nc1Oc1cc(Br)ccc1F)CCCC2. The highest BCUT2D eigenvalue weighted by atomic mass is 79.9. The highest BCUT2D eigenvalue weighted by Crippen LogP contribution is 2.31. The Morgan fingerprint density at radius 1 is 1.24 bits per heavy atom. The Hall–Kier alpha value is -1.46. The number of aromatic nitrogens is 1. The molecule has 0 atom stereocenters. The van der Waals surface area contributed by atoms with Gasteiger partial charge in [0.1, 0.15) is 0 Å². The normalized spacial score (nSPS) is 13.9. The van der Waals surface area contributed by atoms with Crippen molar-refractivity contribution in [2.45, 2.75) is 32.2 Å². The number of nitrogens with two attached hydrogens (primary N) is 1. The molecule has 2 aromatic rings. The fourth-order valence-corrected chi connectivity index (χ4v) is 2.90. The van der Waals surface area contributed by atoms with E-state index in [1.807, 2.05) is 6.07 Å². The Kier molecular flexibility index (Phi) is 4.22. The van der Waals surface area contributed by atoms with Crippen LogP contribution in [0.1, 0.15) is 29.7 Å². The fourth-order valence-electron chi connectivity index (χ4n) is 2.56. The number of halogens is 2. The lowest BCUT2D eigenvalue weighted by Gasteiger charge is -2.18. The summed E-state index contributed by atoms with van der Waals surface area (Å²) < 4.78 is 20.3. The third-order valence-electron chi connectivity index (χ3n) is 3.66. The molecule has 0 unspecified atom stereocenters. The highest BCUT2D eigenvalue weighted by Gasteiger charge is 2.17. The average Bonchev–Trinajstić information content (AvgIpc) is 2.50. The monoisotopic (exact) mass is 350 g/mol. The van der Waals surface area contributed by atoms with Crippen LogP contribution in [0.2, 0.25) is 0 Å². The number of pyridine rings is 1. The molecular weight excluding hydrogens is 335 g/mol. The summed E-state index contributed by atoms with van der Waals surface area (Å²) in [6.07, 6.45) is 4.28. The van der Waals surface area contributed by atoms with Crippen LogP contribution in [-0.4, -0.2) is 4.98 Å². The molecule has 1 aliphatic carbocycles. The molecule has 0 spiro atoms. The Bertz CT molecular complexity index is 676. The molecule has 3 rings (SSSR count). The standard InChI is InChI=1S/C16H16BrFN2O/c17-12-5-6-13(18)15(8-12)21-16-11(9-19)7-10-3-1-2-4-14(10)20-16/h5-8H,1-4,9,19H2. The van der Waals surface area contributed by atoms with Gasteiger partial charge in [0, 0.05) is 22.3 Å². The summed E-state index contributed by atoms with van der Waals surface area (Å²) in [5.74, 6) is 0.151. The summed E-state index contributed by atoms with van der Waals surface area (Å²) in [5.41, 5.74) is 8.88. The minimum atomic E-state index is -0.416. The van der Waals surface area contributed by atoms with Crippen molar-refractivity contribution in [3.8, 4) is 11.6 Å². The maximum atomic E-state index is 13.8. The van der Waals surface area contributed by atoms with Crippen LogP contribution in [0.4, 0.5) is 4.39 Å². The van der Waals surface area contributed by atoms with E-state index in [4.69, 9.17) is 10.5 Å². The molecule has 0 saturated carbocycles. The smallest absolute Gasteiger partial charge is 0.224 e. The van der Waals surface area contributed by atoms with Gasteiger partial charge in [-0.05, 0) is 55.5 Å². The van der Waals surface area contributed by atoms with E-state index in [0.29, 0.717) is 12.4 Å². The molecule has 1 aromatic heterocycles. The van der Waals surface area contributed by atoms with Gasteiger partial charge in [-0.2, -0.15) is 0 Å². The van der Waals surface area contributed by atoms with E-state index < -0.39 is 5.82 Å². The molecular formula is C16H16BrFN2O. The Morgan fingerprint density at radius 3 is 2.86 bits per heavy atom. The number of ether oxygens (including phenoxy) is 1. The summed E-state index contributed by atoms with van der Waals surface area (Å²) in [6.45, 7) is 0.325. The van der Waals surface area contributed by atoms with E-state index in [1.165, 1.54) is 18.1 Å². The van der Waals surface area contributed by atoms with Crippen molar-refractivity contribution in [2.24, 2.45) is 5.73 Å². The van der Waals surface area contributed by atoms with Gasteiger partial charge in [-0.25, -0.2) is 9.37 Å². The van der Waals surface area contributed by atoms with Crippen LogP contribution in [0.5, 0.6) is 11.6 Å². The second kappa shape index (κ2) is 6.12. The molecule has 2 N–H and O–H groups in total. The van der Waals surface area contributed by atoms with Crippen LogP contribution >= 0.6 is 15.9 Å². The van der Waals surface area contributed by atoms with Crippen molar-refractivity contribution in [3.05, 3.63) is 51.4 Å². The quantitative estimate of drug-likeness (QED) is 0.905. The van der Waals surface area contributed by atoms with Gasteiger partial charge < -0.3 is 10.5 Å². The van der Waals surface area contributed by atoms with Gasteiger partial charge in [0.2, 0.25) is 5.88 Å². The minimum Gasteiger partial charge on any atom is -0.436 e. The number of aryl methyl sites for hydroxylation is 2. The first-order chi connectivity index (χ1) is 10.2. The first kappa shape index (κ1) is 14.5. The zero-order valence-electron chi connectivity index (χ0n) is 11.5. The van der Waals surface area contributed by atoms with E-state index in [0.717, 1.165) is 35.0 Å². The summed E-state index contributed by atoms with van der Waals surface area (Å²) >= 11 is 3.31. The molecule has 110 valence electrons. The highest BCUT2D eigenvalue weighted by molar-refractivity contribution is 9.10. The molecule has 21 heavy (non-hydrogen) atoms. The van der Waals surface area contributed by atoms with E-state index in [2.05, 4.69) is 20.9 Å². The van der Waals surface area contributed by atoms with Crippen molar-refractivity contribution in [1.82, 2.24) is 4.98 Å². The molecule has 0 radical (unpaired) electrons. The van der Waals surface area contributed by atoms with Crippen molar-refractivity contribution in [1.29, 1.82) is 0 Å². The van der Waals surface area contributed by atoms with Crippen molar-refractivity contribution in [3.63, 3.8) is 0 Å². The van der Waals surface area contributed by atoms with Crippen LogP contribution < -0.4 is 10.5 Å². The number of benzene rings is 1. The van der Waals surface area contributed by atoms with E-state index in [9.17, 15) is 4.39 Å². The summed E-state index contributed by atoms with van der Waals surface area (Å²) in [5, 5.41) is 0. The second-order valence-corrected chi connectivity index (χ2v) is 6.06. The first-order valence-electron chi connectivity index (χ1n) is 7.02. The topological polar surface area (TPSA) is 48.1 Å². The molecule has 3 nitrogen and oxygen atoms in total. The van der Waals surface area contributed by atoms with Gasteiger partial charge in [-0.15, -0.1) is 0 Å². The largest absolute Gasteiger partial charge is 0.436 e. The summed E-state index contributed by atoms with van der Waals surface area (Å²) in [4.78, 5) is 4.57. The number of fused-ring (bicyclic) bond motifs is 1. The van der Waals surface area contributed by atoms with Gasteiger partial charge >= 0.3 is 0 Å². The molecule has 0 aliphatic heterocycles. The van der Waals surface area contributed by atoms with Gasteiger partial charge in [-0.3, -0.25) is 0 Å². The first-order valence-corrected chi connectivity index (χ1v) is 7.81. The predicted octanol–water partition coefficient (Wildman–Crippen LogP) is 4.11. The average molecular weight is 351 g/mol. The van der Waals surface area contributed by atoms with Crippen molar-refractivity contribution >= 4 is 15.9 Å². The van der Waals surface area contributed by atoms with E-state index in [-0.39, 0.29) is 5.75 Å². The van der Waals surface area contributed by atoms with Gasteiger partial charge in [0.25, 0.3) is 0 Å². The third kappa shape index (κ3) is 3.09. The maximum absolute atomic E-state index is 13.8. The zero-order chi connectivity index (χ0) is 14.8. The molecule has 0 amide bonds. The summed E-state index contributed by atoms with van der Waals surface area (Å²) in [6, 6.07) is 6.63. The fraction of sp³-hybridized carbons (Fsp3) is 0.312. The molecule has 5 heteroatoms. The van der Waals surface area contributed by atoms with E-state index >= 15 is 0 Å². The lowest BCUT2D eigenvalue weighted by atomic mass is 9.95. The summed E-state index contributed by atoms with van der Waals surface area (Å²) in [7, 11) is 0. The second-order valence-electron chi connectivity index (χ2n) is 5.15. The Labute approximate surface area is 131 Å². The Morgan fingerprint density at radius 2 is 2.05 bits per heavy atom. The zero-order valence-corrected chi connectivity index (χ0v) is 13.1. The molecule has 0 fully saturated rings. The number of hydrogen-bond acceptors (Lipinski definition) is 3. The van der Waals surface area contributed by atoms with Crippen molar-refractivity contribution < 1.29 is 9.13 Å². The van der Waals surface area contributed by atoms with Crippen LogP contribution in [0.15, 0.2) is 28.7 Å². The van der Waals surface area contributed by atoms with Gasteiger partial charge in [0.15, 0.2) is 11.6 Å². The molecule has 1 aliphatic rings. The van der Waals surface area contributed by atoms with Crippen LogP contribution in [0, 0.1) is 5.82 Å². The van der Waals surface area contributed by atoms with Crippen molar-refractivity contribution in [2.75, 3.05) is 0 Å². The molecule has 0 bridgehead atoms. The van der Waals surface area contributed by atoms with Gasteiger partial charge in [-0.1, -0.05) is 15.9 Å². The molecule has 1 heterocycles. The van der Waals surface area contributed by atoms with Gasteiger partial charge in [0.05, 0.1) is 0 Å². The maximum Gasteiger partial charge on any atom is 0.224 e. The minimum absolute atomic E-state index is 0.155. The van der Waals surface area contributed by atoms with E-state index in [1.54, 1.807) is 12.1 Å². The number of hydrogen-bond donors (Lipinski definition) is 1. The third-order valence-corrected chi connectivity index (χ3v) is 4.15. The number of nitrogens with zero attached hydrogens (tertiary/aromatic N) is 1. The van der Waals surface area contributed by atoms with Crippen LogP contribution in [0.3, 0.4) is 0 Å². The number of rotatable bonds is 3. The molecule has 1 aromatic carbocycles. The lowest BCUT2D eigenvalue weighted by Crippen LogP contribution is -2.10. The van der Waals surface area contributed by atoms with Crippen LogP contribution in [-0.2, 0) is 19.4 Å². The predicted molar refractivity (Wildman–Crippen MR) is 82.9 cm³/mol.